The third-order valence-electron chi connectivity index (χ3n) is 3.57. The maximum Gasteiger partial charge on any atom is 0.252 e. The second-order valence-electron chi connectivity index (χ2n) is 4.61. The number of carbonyl (C=O) groups is 1. The van der Waals surface area contributed by atoms with E-state index in [4.69, 9.17) is 11.6 Å². The molecule has 1 amide bonds. The molecule has 2 fully saturated rings. The van der Waals surface area contributed by atoms with Crippen LogP contribution in [0.3, 0.4) is 0 Å². The van der Waals surface area contributed by atoms with Crippen LogP contribution in [0, 0.1) is 11.8 Å². The minimum absolute atomic E-state index is 0.0204. The van der Waals surface area contributed by atoms with E-state index in [1.54, 1.807) is 18.2 Å². The smallest absolute Gasteiger partial charge is 0.252 e. The molecule has 2 unspecified atom stereocenters. The number of carbonyl (C=O) groups excluding carboxylic acids is 1. The summed E-state index contributed by atoms with van der Waals surface area (Å²) in [6, 6.07) is 5.58. The van der Waals surface area contributed by atoms with Crippen LogP contribution in [0.1, 0.15) is 10.4 Å². The lowest BCUT2D eigenvalue weighted by Gasteiger charge is -2.09. The minimum Gasteiger partial charge on any atom is -0.349 e. The Morgan fingerprint density at radius 1 is 1.41 bits per heavy atom. The molecular weight excluding hydrogens is 304 g/mol. The largest absolute Gasteiger partial charge is 0.349 e. The van der Waals surface area contributed by atoms with Gasteiger partial charge in [-0.25, -0.2) is 0 Å². The Morgan fingerprint density at radius 3 is 2.76 bits per heavy atom. The Hall–Kier alpha value is -0.580. The van der Waals surface area contributed by atoms with Crippen molar-refractivity contribution in [2.24, 2.45) is 11.8 Å². The normalized spacial score (nSPS) is 29.9. The molecule has 1 saturated heterocycles. The molecule has 3 rings (SSSR count). The molecule has 0 aromatic heterocycles. The van der Waals surface area contributed by atoms with Crippen molar-refractivity contribution in [1.29, 1.82) is 0 Å². The van der Waals surface area contributed by atoms with E-state index < -0.39 is 0 Å². The SMILES string of the molecule is O=C(NC1C2CNCC21)c1ccc(Cl)cc1Br. The van der Waals surface area contributed by atoms with Crippen LogP contribution >= 0.6 is 27.5 Å². The van der Waals surface area contributed by atoms with Crippen LogP contribution in [-0.4, -0.2) is 25.0 Å². The van der Waals surface area contributed by atoms with Gasteiger partial charge >= 0.3 is 0 Å². The molecule has 1 aliphatic heterocycles. The number of amides is 1. The van der Waals surface area contributed by atoms with Gasteiger partial charge in [0.2, 0.25) is 0 Å². The zero-order chi connectivity index (χ0) is 12.0. The van der Waals surface area contributed by atoms with Crippen LogP contribution in [0.2, 0.25) is 5.02 Å². The molecule has 2 N–H and O–H groups in total. The molecule has 1 heterocycles. The number of halogens is 2. The Bertz CT molecular complexity index is 470. The summed E-state index contributed by atoms with van der Waals surface area (Å²) in [5.74, 6) is 1.24. The van der Waals surface area contributed by atoms with E-state index in [0.717, 1.165) is 17.6 Å². The first-order chi connectivity index (χ1) is 8.16. The van der Waals surface area contributed by atoms with Crippen LogP contribution in [-0.2, 0) is 0 Å². The summed E-state index contributed by atoms with van der Waals surface area (Å²) < 4.78 is 0.742. The molecule has 3 nitrogen and oxygen atoms in total. The highest BCUT2D eigenvalue weighted by atomic mass is 79.9. The van der Waals surface area contributed by atoms with Crippen LogP contribution in [0.25, 0.3) is 0 Å². The van der Waals surface area contributed by atoms with E-state index in [9.17, 15) is 4.79 Å². The van der Waals surface area contributed by atoms with E-state index in [-0.39, 0.29) is 5.91 Å². The van der Waals surface area contributed by atoms with Crippen molar-refractivity contribution in [1.82, 2.24) is 10.6 Å². The maximum absolute atomic E-state index is 12.1. The number of rotatable bonds is 2. The van der Waals surface area contributed by atoms with Crippen LogP contribution in [0.4, 0.5) is 0 Å². The summed E-state index contributed by atoms with van der Waals surface area (Å²) in [7, 11) is 0. The molecule has 1 aliphatic carbocycles. The van der Waals surface area contributed by atoms with Gasteiger partial charge in [-0.05, 0) is 46.0 Å². The Labute approximate surface area is 113 Å². The second kappa shape index (κ2) is 4.26. The molecular formula is C12H12BrClN2O. The Morgan fingerprint density at radius 2 is 2.12 bits per heavy atom. The molecule has 5 heteroatoms. The predicted molar refractivity (Wildman–Crippen MR) is 70.3 cm³/mol. The highest BCUT2D eigenvalue weighted by Gasteiger charge is 2.53. The summed E-state index contributed by atoms with van der Waals surface area (Å²) >= 11 is 9.21. The van der Waals surface area contributed by atoms with E-state index in [1.165, 1.54) is 0 Å². The number of fused-ring (bicyclic) bond motifs is 1. The van der Waals surface area contributed by atoms with Crippen molar-refractivity contribution in [2.75, 3.05) is 13.1 Å². The summed E-state index contributed by atoms with van der Waals surface area (Å²) in [6.45, 7) is 2.05. The van der Waals surface area contributed by atoms with E-state index in [2.05, 4.69) is 26.6 Å². The lowest BCUT2D eigenvalue weighted by atomic mass is 10.2. The Kier molecular flexibility index (Phi) is 2.89. The molecule has 1 aromatic carbocycles. The lowest BCUT2D eigenvalue weighted by molar-refractivity contribution is 0.0946. The molecule has 2 atom stereocenters. The first kappa shape index (κ1) is 11.5. The fraction of sp³-hybridized carbons (Fsp3) is 0.417. The van der Waals surface area contributed by atoms with Gasteiger partial charge in [0.05, 0.1) is 5.56 Å². The number of hydrogen-bond donors (Lipinski definition) is 2. The van der Waals surface area contributed by atoms with E-state index in [1.807, 2.05) is 0 Å². The van der Waals surface area contributed by atoms with Crippen LogP contribution in [0.15, 0.2) is 22.7 Å². The van der Waals surface area contributed by atoms with Crippen molar-refractivity contribution in [2.45, 2.75) is 6.04 Å². The highest BCUT2D eigenvalue weighted by molar-refractivity contribution is 9.10. The molecule has 2 aliphatic rings. The maximum atomic E-state index is 12.1. The average Bonchev–Trinajstić information content (AvgIpc) is 2.74. The monoisotopic (exact) mass is 314 g/mol. The quantitative estimate of drug-likeness (QED) is 0.877. The third-order valence-corrected chi connectivity index (χ3v) is 4.46. The van der Waals surface area contributed by atoms with Crippen molar-refractivity contribution in [3.05, 3.63) is 33.3 Å². The summed E-state index contributed by atoms with van der Waals surface area (Å²) in [5.41, 5.74) is 0.646. The number of benzene rings is 1. The summed E-state index contributed by atoms with van der Waals surface area (Å²) in [6.07, 6.45) is 0. The highest BCUT2D eigenvalue weighted by Crippen LogP contribution is 2.41. The third kappa shape index (κ3) is 2.09. The second-order valence-corrected chi connectivity index (χ2v) is 5.90. The molecule has 0 bridgehead atoms. The molecule has 1 saturated carbocycles. The molecule has 0 spiro atoms. The first-order valence-electron chi connectivity index (χ1n) is 5.63. The van der Waals surface area contributed by atoms with Gasteiger partial charge in [-0.2, -0.15) is 0 Å². The molecule has 0 radical (unpaired) electrons. The standard InChI is InChI=1S/C12H12BrClN2O/c13-10-3-6(14)1-2-7(10)12(17)16-11-8-4-15-5-9(8)11/h1-3,8-9,11,15H,4-5H2,(H,16,17). The predicted octanol–water partition coefficient (Wildman–Crippen LogP) is 2.05. The Balaban J connectivity index is 1.70. The topological polar surface area (TPSA) is 41.1 Å². The van der Waals surface area contributed by atoms with Gasteiger partial charge in [0, 0.05) is 28.6 Å². The molecule has 90 valence electrons. The molecule has 1 aromatic rings. The average molecular weight is 316 g/mol. The molecule has 17 heavy (non-hydrogen) atoms. The van der Waals surface area contributed by atoms with Gasteiger partial charge < -0.3 is 10.6 Å². The van der Waals surface area contributed by atoms with Crippen LogP contribution in [0.5, 0.6) is 0 Å². The lowest BCUT2D eigenvalue weighted by Crippen LogP contribution is -2.32. The van der Waals surface area contributed by atoms with Gasteiger partial charge in [0.15, 0.2) is 0 Å². The fourth-order valence-corrected chi connectivity index (χ4v) is 3.40. The van der Waals surface area contributed by atoms with E-state index >= 15 is 0 Å². The van der Waals surface area contributed by atoms with Crippen molar-refractivity contribution in [3.8, 4) is 0 Å². The number of hydrogen-bond acceptors (Lipinski definition) is 2. The van der Waals surface area contributed by atoms with E-state index in [0.29, 0.717) is 28.5 Å². The van der Waals surface area contributed by atoms with Gasteiger partial charge in [0.1, 0.15) is 0 Å². The van der Waals surface area contributed by atoms with Gasteiger partial charge in [-0.15, -0.1) is 0 Å². The number of nitrogens with one attached hydrogen (secondary N) is 2. The van der Waals surface area contributed by atoms with Crippen LogP contribution < -0.4 is 10.6 Å². The van der Waals surface area contributed by atoms with Gasteiger partial charge in [-0.3, -0.25) is 4.79 Å². The van der Waals surface area contributed by atoms with Gasteiger partial charge in [0.25, 0.3) is 5.91 Å². The van der Waals surface area contributed by atoms with Crippen molar-refractivity contribution < 1.29 is 4.79 Å². The minimum atomic E-state index is -0.0204. The zero-order valence-electron chi connectivity index (χ0n) is 9.04. The summed E-state index contributed by atoms with van der Waals surface area (Å²) in [5, 5.41) is 7.01. The van der Waals surface area contributed by atoms with Gasteiger partial charge in [-0.1, -0.05) is 11.6 Å². The van der Waals surface area contributed by atoms with Crippen molar-refractivity contribution in [3.63, 3.8) is 0 Å². The summed E-state index contributed by atoms with van der Waals surface area (Å²) in [4.78, 5) is 12.1. The first-order valence-corrected chi connectivity index (χ1v) is 6.80. The number of piperidine rings is 1. The van der Waals surface area contributed by atoms with Crippen molar-refractivity contribution >= 4 is 33.4 Å². The fourth-order valence-electron chi connectivity index (χ4n) is 2.54. The zero-order valence-corrected chi connectivity index (χ0v) is 11.4.